The summed E-state index contributed by atoms with van der Waals surface area (Å²) in [6.07, 6.45) is 12.0. The van der Waals surface area contributed by atoms with Gasteiger partial charge in [-0.05, 0) is 50.3 Å². The number of fused-ring (bicyclic) bond motifs is 2. The molecule has 1 spiro atoms. The largest absolute Gasteiger partial charge is 0.465 e. The molecule has 2 amide bonds. The Morgan fingerprint density at radius 2 is 1.89 bits per heavy atom. The van der Waals surface area contributed by atoms with Gasteiger partial charge in [-0.1, -0.05) is 49.3 Å². The lowest BCUT2D eigenvalue weighted by molar-refractivity contribution is -0.153. The first-order valence-electron chi connectivity index (χ1n) is 13.4. The van der Waals surface area contributed by atoms with E-state index < -0.39 is 22.6 Å². The molecule has 0 saturated carbocycles. The van der Waals surface area contributed by atoms with Gasteiger partial charge in [-0.15, -0.1) is 11.8 Å². The zero-order valence-electron chi connectivity index (χ0n) is 21.6. The van der Waals surface area contributed by atoms with Gasteiger partial charge in [-0.3, -0.25) is 14.4 Å². The van der Waals surface area contributed by atoms with Gasteiger partial charge in [0.05, 0.1) is 23.2 Å². The van der Waals surface area contributed by atoms with Crippen LogP contribution in [0.25, 0.3) is 0 Å². The summed E-state index contributed by atoms with van der Waals surface area (Å²) in [6, 6.07) is 5.40. The highest BCUT2D eigenvalue weighted by molar-refractivity contribution is 8.02. The van der Waals surface area contributed by atoms with Crippen molar-refractivity contribution in [1.82, 2.24) is 4.90 Å². The highest BCUT2D eigenvalue weighted by atomic mass is 32.2. The molecule has 1 aromatic rings. The predicted molar refractivity (Wildman–Crippen MR) is 144 cm³/mol. The summed E-state index contributed by atoms with van der Waals surface area (Å²) in [5.41, 5.74) is 2.94. The number of carbonyl (C=O) groups excluding carboxylic acids is 3. The molecule has 37 heavy (non-hydrogen) atoms. The van der Waals surface area contributed by atoms with Crippen LogP contribution in [0.4, 0.5) is 5.69 Å². The van der Waals surface area contributed by atoms with Crippen molar-refractivity contribution in [3.8, 4) is 0 Å². The fraction of sp³-hybridized carbons (Fsp3) is 0.552. The van der Waals surface area contributed by atoms with Crippen LogP contribution in [0, 0.1) is 25.7 Å². The number of unbranched alkanes of at least 4 members (excludes halogenated alkanes) is 3. The van der Waals surface area contributed by atoms with Gasteiger partial charge in [0.25, 0.3) is 5.91 Å². The molecule has 4 aliphatic heterocycles. The Kier molecular flexibility index (Phi) is 7.50. The maximum Gasteiger partial charge on any atom is 0.311 e. The molecule has 7 nitrogen and oxygen atoms in total. The van der Waals surface area contributed by atoms with E-state index in [-0.39, 0.29) is 29.6 Å². The maximum absolute atomic E-state index is 14.5. The van der Waals surface area contributed by atoms with Gasteiger partial charge >= 0.3 is 5.97 Å². The molecule has 4 heterocycles. The Bertz CT molecular complexity index is 1130. The number of benzene rings is 1. The lowest BCUT2D eigenvalue weighted by atomic mass is 9.78. The number of ether oxygens (including phenoxy) is 1. The molecule has 2 fully saturated rings. The number of aliphatic hydroxyl groups is 1. The van der Waals surface area contributed by atoms with E-state index in [4.69, 9.17) is 9.84 Å². The number of carbonyl (C=O) groups is 3. The van der Waals surface area contributed by atoms with Crippen molar-refractivity contribution in [2.24, 2.45) is 11.8 Å². The number of rotatable bonds is 7. The summed E-state index contributed by atoms with van der Waals surface area (Å²) in [5, 5.41) is 8.92. The van der Waals surface area contributed by atoms with Gasteiger partial charge in [0, 0.05) is 30.6 Å². The molecule has 1 unspecified atom stereocenters. The van der Waals surface area contributed by atoms with E-state index in [1.165, 1.54) is 0 Å². The molecule has 4 aliphatic rings. The van der Waals surface area contributed by atoms with E-state index in [0.717, 1.165) is 42.5 Å². The Morgan fingerprint density at radius 1 is 1.08 bits per heavy atom. The molecule has 0 radical (unpaired) electrons. The topological polar surface area (TPSA) is 87.2 Å². The average molecular weight is 525 g/mol. The van der Waals surface area contributed by atoms with E-state index in [1.807, 2.05) is 61.3 Å². The monoisotopic (exact) mass is 524 g/mol. The van der Waals surface area contributed by atoms with Crippen LogP contribution in [0.2, 0.25) is 0 Å². The zero-order chi connectivity index (χ0) is 26.2. The van der Waals surface area contributed by atoms with Gasteiger partial charge in [-0.25, -0.2) is 0 Å². The van der Waals surface area contributed by atoms with E-state index >= 15 is 0 Å². The fourth-order valence-corrected chi connectivity index (χ4v) is 8.32. The van der Waals surface area contributed by atoms with Crippen molar-refractivity contribution >= 4 is 35.2 Å². The first-order chi connectivity index (χ1) is 17.9. The van der Waals surface area contributed by atoms with Crippen LogP contribution in [0.3, 0.4) is 0 Å². The van der Waals surface area contributed by atoms with Crippen molar-refractivity contribution in [1.29, 1.82) is 0 Å². The van der Waals surface area contributed by atoms with E-state index in [2.05, 4.69) is 0 Å². The number of hydrogen-bond acceptors (Lipinski definition) is 6. The number of esters is 1. The smallest absolute Gasteiger partial charge is 0.311 e. The molecule has 1 aromatic carbocycles. The summed E-state index contributed by atoms with van der Waals surface area (Å²) >= 11 is 1.58. The number of nitrogens with zero attached hydrogens (tertiary/aromatic N) is 2. The first-order valence-corrected chi connectivity index (χ1v) is 14.3. The standard InChI is InChI=1S/C29H36N2O5S/c1-19-11-12-20(2)21(18-19)30-15-9-13-29-24(23-22(37-29)10-5-8-17-36-28(23)35)26(33)31(25(29)27(30)34)14-6-3-4-7-16-32/h5,9-13,18,22-25,32H,3-4,6-8,14-17H2,1-2H3/t22-,23+,24-,25?,29-/m0/s1. The van der Waals surface area contributed by atoms with Crippen LogP contribution in [0.5, 0.6) is 0 Å². The molecule has 2 saturated heterocycles. The van der Waals surface area contributed by atoms with Crippen LogP contribution in [-0.2, 0) is 19.1 Å². The molecule has 0 aromatic heterocycles. The molecule has 1 N–H and O–H groups in total. The number of cyclic esters (lactones) is 1. The van der Waals surface area contributed by atoms with Crippen molar-refractivity contribution in [2.75, 3.05) is 31.2 Å². The zero-order valence-corrected chi connectivity index (χ0v) is 22.4. The normalized spacial score (nSPS) is 30.9. The minimum atomic E-state index is -0.825. The molecular formula is C29H36N2O5S. The van der Waals surface area contributed by atoms with E-state index in [0.29, 0.717) is 26.1 Å². The number of aliphatic hydroxyl groups excluding tert-OH is 1. The summed E-state index contributed by atoms with van der Waals surface area (Å²) in [6.45, 7) is 5.35. The second kappa shape index (κ2) is 10.7. The average Bonchev–Trinajstić information content (AvgIpc) is 3.24. The number of thioether (sulfide) groups is 1. The van der Waals surface area contributed by atoms with Crippen molar-refractivity contribution in [3.05, 3.63) is 53.6 Å². The Labute approximate surface area is 222 Å². The van der Waals surface area contributed by atoms with Gasteiger partial charge in [0.15, 0.2) is 0 Å². The molecule has 0 aliphatic carbocycles. The summed E-state index contributed by atoms with van der Waals surface area (Å²) in [7, 11) is 0. The summed E-state index contributed by atoms with van der Waals surface area (Å²) in [4.78, 5) is 45.3. The van der Waals surface area contributed by atoms with Crippen LogP contribution < -0.4 is 4.90 Å². The Morgan fingerprint density at radius 3 is 2.70 bits per heavy atom. The Balaban J connectivity index is 1.55. The van der Waals surface area contributed by atoms with Gasteiger partial charge < -0.3 is 19.6 Å². The van der Waals surface area contributed by atoms with Crippen LogP contribution in [0.15, 0.2) is 42.5 Å². The lowest BCUT2D eigenvalue weighted by Crippen LogP contribution is -2.53. The van der Waals surface area contributed by atoms with Crippen molar-refractivity contribution in [2.45, 2.75) is 62.0 Å². The van der Waals surface area contributed by atoms with Crippen molar-refractivity contribution < 1.29 is 24.2 Å². The summed E-state index contributed by atoms with van der Waals surface area (Å²) < 4.78 is 4.73. The minimum absolute atomic E-state index is 0.0935. The molecule has 0 bridgehead atoms. The van der Waals surface area contributed by atoms with Gasteiger partial charge in [-0.2, -0.15) is 0 Å². The molecule has 198 valence electrons. The minimum Gasteiger partial charge on any atom is -0.465 e. The number of hydrogen-bond donors (Lipinski definition) is 1. The fourth-order valence-electron chi connectivity index (χ4n) is 6.32. The second-order valence-electron chi connectivity index (χ2n) is 10.5. The highest BCUT2D eigenvalue weighted by Gasteiger charge is 2.70. The number of anilines is 1. The second-order valence-corrected chi connectivity index (χ2v) is 12.0. The number of aryl methyl sites for hydroxylation is 2. The molecule has 5 rings (SSSR count). The number of likely N-dealkylation sites (tertiary alicyclic amines) is 1. The quantitative estimate of drug-likeness (QED) is 0.334. The van der Waals surface area contributed by atoms with Crippen LogP contribution in [-0.4, -0.2) is 70.1 Å². The predicted octanol–water partition coefficient (Wildman–Crippen LogP) is 3.56. The van der Waals surface area contributed by atoms with Gasteiger partial charge in [0.1, 0.15) is 6.04 Å². The van der Waals surface area contributed by atoms with Crippen LogP contribution in [0.1, 0.15) is 43.2 Å². The maximum atomic E-state index is 14.5. The first kappa shape index (κ1) is 26.0. The van der Waals surface area contributed by atoms with E-state index in [1.54, 1.807) is 16.7 Å². The molecule has 5 atom stereocenters. The molecule has 8 heteroatoms. The van der Waals surface area contributed by atoms with Gasteiger partial charge in [0.2, 0.25) is 5.91 Å². The third-order valence-electron chi connectivity index (χ3n) is 8.08. The third-order valence-corrected chi connectivity index (χ3v) is 9.83. The highest BCUT2D eigenvalue weighted by Crippen LogP contribution is 2.61. The van der Waals surface area contributed by atoms with Crippen molar-refractivity contribution in [3.63, 3.8) is 0 Å². The SMILES string of the molecule is Cc1ccc(C)c(N2CC=C[C@]34S[C@H]5C=CCCOC(=O)[C@H]5[C@H]3C(=O)N(CCCCCCO)C4C2=O)c1. The van der Waals surface area contributed by atoms with E-state index in [9.17, 15) is 14.4 Å². The third kappa shape index (κ3) is 4.52. The molecular weight excluding hydrogens is 488 g/mol. The Hall–Kier alpha value is -2.58. The summed E-state index contributed by atoms with van der Waals surface area (Å²) in [5.74, 6) is -1.81. The number of amides is 2. The lowest BCUT2D eigenvalue weighted by Gasteiger charge is -2.35. The van der Waals surface area contributed by atoms with Crippen LogP contribution >= 0.6 is 11.8 Å².